The monoisotopic (exact) mass is 576 g/mol. The summed E-state index contributed by atoms with van der Waals surface area (Å²) in [4.78, 5) is 17.5. The Morgan fingerprint density at radius 1 is 0.837 bits per heavy atom. The van der Waals surface area contributed by atoms with Crippen molar-refractivity contribution in [2.75, 3.05) is 0 Å². The average Bonchev–Trinajstić information content (AvgIpc) is 3.35. The molecule has 6 nitrogen and oxygen atoms in total. The molecule has 0 aliphatic heterocycles. The van der Waals surface area contributed by atoms with Gasteiger partial charge in [-0.1, -0.05) is 92.2 Å². The van der Waals surface area contributed by atoms with Gasteiger partial charge in [0.2, 0.25) is 0 Å². The van der Waals surface area contributed by atoms with Crippen molar-refractivity contribution in [3.05, 3.63) is 114 Å². The quantitative estimate of drug-likeness (QED) is 0.122. The molecule has 0 fully saturated rings. The maximum absolute atomic E-state index is 12.4. The van der Waals surface area contributed by atoms with Gasteiger partial charge in [-0.2, -0.15) is 0 Å². The van der Waals surface area contributed by atoms with Crippen LogP contribution in [0.4, 0.5) is 4.79 Å². The maximum atomic E-state index is 12.4. The Hall–Kier alpha value is -4.58. The fourth-order valence-corrected chi connectivity index (χ4v) is 5.10. The van der Waals surface area contributed by atoms with Crippen LogP contribution in [-0.2, 0) is 24.3 Å². The molecule has 1 aromatic heterocycles. The Morgan fingerprint density at radius 2 is 1.56 bits per heavy atom. The lowest BCUT2D eigenvalue weighted by atomic mass is 10.0. The zero-order chi connectivity index (χ0) is 30.4. The molecule has 0 unspecified atom stereocenters. The van der Waals surface area contributed by atoms with Crippen LogP contribution >= 0.6 is 0 Å². The van der Waals surface area contributed by atoms with Crippen LogP contribution in [0.1, 0.15) is 63.1 Å². The highest BCUT2D eigenvalue weighted by Crippen LogP contribution is 2.33. The third-order valence-corrected chi connectivity index (χ3v) is 7.20. The molecule has 0 bridgehead atoms. The van der Waals surface area contributed by atoms with Crippen LogP contribution in [-0.4, -0.2) is 21.3 Å². The van der Waals surface area contributed by atoms with Crippen LogP contribution in [0.3, 0.4) is 0 Å². The number of carbonyl (C=O) groups excluding carboxylic acids is 1. The molecule has 0 radical (unpaired) electrons. The van der Waals surface area contributed by atoms with Crippen LogP contribution in [0.25, 0.3) is 22.2 Å². The molecule has 6 heteroatoms. The lowest BCUT2D eigenvalue weighted by molar-refractivity contribution is 0.0207. The number of imidazole rings is 1. The van der Waals surface area contributed by atoms with Gasteiger partial charge >= 0.3 is 6.16 Å². The van der Waals surface area contributed by atoms with Crippen LogP contribution in [0.2, 0.25) is 0 Å². The number of aromatic nitrogens is 2. The molecule has 0 N–H and O–H groups in total. The van der Waals surface area contributed by atoms with Crippen LogP contribution < -0.4 is 9.47 Å². The number of nitrogens with zero attached hydrogens (tertiary/aromatic N) is 2. The topological polar surface area (TPSA) is 62.6 Å². The zero-order valence-corrected chi connectivity index (χ0v) is 25.7. The predicted molar refractivity (Wildman–Crippen MR) is 172 cm³/mol. The molecule has 0 saturated carbocycles. The number of fused-ring (bicyclic) bond motifs is 1. The first-order chi connectivity index (χ1) is 20.7. The fourth-order valence-electron chi connectivity index (χ4n) is 5.10. The molecule has 0 atom stereocenters. The molecule has 222 valence electrons. The van der Waals surface area contributed by atoms with Gasteiger partial charge in [0.15, 0.2) is 0 Å². The summed E-state index contributed by atoms with van der Waals surface area (Å²) in [6.45, 7) is 11.0. The number of hydrogen-bond donors (Lipinski definition) is 0. The number of para-hydroxylation sites is 1. The standard InChI is InChI=1S/C37H40N2O4/c1-6-7-17-33-38-34-32(41-25-28-13-9-8-10-14-28)23-18-26(2)35(34)39(33)24-27-19-21-29(22-20-27)30-15-11-12-16-31(30)42-36(40)43-37(3,4)5/h8-16,18-23H,6-7,17,24-25H2,1-5H3. The van der Waals surface area contributed by atoms with E-state index in [1.165, 1.54) is 5.56 Å². The molecule has 0 spiro atoms. The average molecular weight is 577 g/mol. The first-order valence-corrected chi connectivity index (χ1v) is 15.0. The molecule has 5 rings (SSSR count). The number of benzene rings is 4. The summed E-state index contributed by atoms with van der Waals surface area (Å²) in [7, 11) is 0. The molecule has 1 heterocycles. The van der Waals surface area contributed by atoms with Gasteiger partial charge in [0.25, 0.3) is 0 Å². The van der Waals surface area contributed by atoms with Gasteiger partial charge in [0.1, 0.15) is 35.0 Å². The minimum atomic E-state index is -0.717. The Kier molecular flexibility index (Phi) is 9.15. The summed E-state index contributed by atoms with van der Waals surface area (Å²) in [5.74, 6) is 2.33. The summed E-state index contributed by atoms with van der Waals surface area (Å²) >= 11 is 0. The minimum absolute atomic E-state index is 0.464. The minimum Gasteiger partial charge on any atom is -0.487 e. The molecule has 0 aliphatic rings. The number of ether oxygens (including phenoxy) is 3. The first-order valence-electron chi connectivity index (χ1n) is 15.0. The van der Waals surface area contributed by atoms with Crippen molar-refractivity contribution in [1.29, 1.82) is 0 Å². The van der Waals surface area contributed by atoms with Crippen molar-refractivity contribution in [1.82, 2.24) is 9.55 Å². The normalized spacial score (nSPS) is 11.5. The van der Waals surface area contributed by atoms with Gasteiger partial charge in [-0.25, -0.2) is 9.78 Å². The maximum Gasteiger partial charge on any atom is 0.514 e. The highest BCUT2D eigenvalue weighted by molar-refractivity contribution is 5.86. The van der Waals surface area contributed by atoms with E-state index in [-0.39, 0.29) is 0 Å². The third-order valence-electron chi connectivity index (χ3n) is 7.20. The zero-order valence-electron chi connectivity index (χ0n) is 25.7. The lowest BCUT2D eigenvalue weighted by Gasteiger charge is -2.19. The number of unbranched alkanes of at least 4 members (excludes halogenated alkanes) is 1. The molecule has 4 aromatic carbocycles. The number of carbonyl (C=O) groups is 1. The molecule has 0 aliphatic carbocycles. The molecule has 5 aromatic rings. The molecule has 0 saturated heterocycles. The summed E-state index contributed by atoms with van der Waals surface area (Å²) in [5, 5.41) is 0. The van der Waals surface area contributed by atoms with Gasteiger partial charge in [0, 0.05) is 18.5 Å². The second kappa shape index (κ2) is 13.2. The summed E-state index contributed by atoms with van der Waals surface area (Å²) in [6.07, 6.45) is 2.34. The van der Waals surface area contributed by atoms with Crippen molar-refractivity contribution in [2.45, 2.75) is 72.6 Å². The Labute approximate surface area is 254 Å². The van der Waals surface area contributed by atoms with Gasteiger partial charge in [-0.05, 0) is 68.5 Å². The SMILES string of the molecule is CCCCc1nc2c(OCc3ccccc3)ccc(C)c2n1Cc1ccc(-c2ccccc2OC(=O)OC(C)(C)C)cc1. The molecular weight excluding hydrogens is 536 g/mol. The van der Waals surface area contributed by atoms with Crippen molar-refractivity contribution in [3.63, 3.8) is 0 Å². The number of aryl methyl sites for hydroxylation is 2. The van der Waals surface area contributed by atoms with E-state index in [0.29, 0.717) is 18.9 Å². The highest BCUT2D eigenvalue weighted by atomic mass is 16.7. The number of rotatable bonds is 10. The van der Waals surface area contributed by atoms with E-state index < -0.39 is 11.8 Å². The molecular formula is C37H40N2O4. The van der Waals surface area contributed by atoms with Crippen molar-refractivity contribution < 1.29 is 19.0 Å². The summed E-state index contributed by atoms with van der Waals surface area (Å²) < 4.78 is 19.6. The van der Waals surface area contributed by atoms with Gasteiger partial charge in [-0.3, -0.25) is 0 Å². The van der Waals surface area contributed by atoms with E-state index >= 15 is 0 Å². The summed E-state index contributed by atoms with van der Waals surface area (Å²) in [6, 6.07) is 30.3. The Morgan fingerprint density at radius 3 is 2.28 bits per heavy atom. The fraction of sp³-hybridized carbons (Fsp3) is 0.297. The molecule has 0 amide bonds. The first kappa shape index (κ1) is 29.9. The van der Waals surface area contributed by atoms with Crippen molar-refractivity contribution in [2.24, 2.45) is 0 Å². The van der Waals surface area contributed by atoms with Gasteiger partial charge < -0.3 is 18.8 Å². The van der Waals surface area contributed by atoms with E-state index in [0.717, 1.165) is 64.1 Å². The van der Waals surface area contributed by atoms with E-state index in [1.54, 1.807) is 6.07 Å². The Balaban J connectivity index is 1.42. The van der Waals surface area contributed by atoms with E-state index in [9.17, 15) is 4.79 Å². The molecule has 43 heavy (non-hydrogen) atoms. The van der Waals surface area contributed by atoms with Crippen molar-refractivity contribution in [3.8, 4) is 22.6 Å². The lowest BCUT2D eigenvalue weighted by Crippen LogP contribution is -2.26. The third kappa shape index (κ3) is 7.44. The predicted octanol–water partition coefficient (Wildman–Crippen LogP) is 9.30. The van der Waals surface area contributed by atoms with E-state index in [4.69, 9.17) is 19.2 Å². The van der Waals surface area contributed by atoms with Crippen LogP contribution in [0.15, 0.2) is 91.0 Å². The van der Waals surface area contributed by atoms with E-state index in [1.807, 2.05) is 63.2 Å². The second-order valence-electron chi connectivity index (χ2n) is 11.8. The van der Waals surface area contributed by atoms with Gasteiger partial charge in [0.05, 0.1) is 5.52 Å². The Bertz CT molecular complexity index is 1680. The van der Waals surface area contributed by atoms with Crippen LogP contribution in [0, 0.1) is 6.92 Å². The van der Waals surface area contributed by atoms with Crippen molar-refractivity contribution >= 4 is 17.2 Å². The number of hydrogen-bond acceptors (Lipinski definition) is 5. The highest BCUT2D eigenvalue weighted by Gasteiger charge is 2.20. The largest absolute Gasteiger partial charge is 0.514 e. The van der Waals surface area contributed by atoms with Crippen LogP contribution in [0.5, 0.6) is 11.5 Å². The van der Waals surface area contributed by atoms with Gasteiger partial charge in [-0.15, -0.1) is 0 Å². The van der Waals surface area contributed by atoms with E-state index in [2.05, 4.69) is 60.9 Å². The smallest absolute Gasteiger partial charge is 0.487 e. The summed E-state index contributed by atoms with van der Waals surface area (Å²) in [5.41, 5.74) is 6.62. The second-order valence-corrected chi connectivity index (χ2v) is 11.8.